The first kappa shape index (κ1) is 41.0. The van der Waals surface area contributed by atoms with Crippen LogP contribution in [0.3, 0.4) is 0 Å². The number of para-hydroxylation sites is 1. The molecule has 12 aromatic rings. The van der Waals surface area contributed by atoms with E-state index >= 15 is 0 Å². The fourth-order valence-corrected chi connectivity index (χ4v) is 13.7. The molecule has 5 aliphatic rings. The van der Waals surface area contributed by atoms with Gasteiger partial charge in [-0.1, -0.05) is 201 Å². The summed E-state index contributed by atoms with van der Waals surface area (Å²) in [7, 11) is 0. The van der Waals surface area contributed by atoms with Gasteiger partial charge in [-0.15, -0.1) is 0 Å². The van der Waals surface area contributed by atoms with Crippen molar-refractivity contribution in [2.45, 2.75) is 0 Å². The zero-order chi connectivity index (χ0) is 49.0. The first-order chi connectivity index (χ1) is 37.1. The molecule has 4 nitrogen and oxygen atoms in total. The molecule has 0 spiro atoms. The van der Waals surface area contributed by atoms with Crippen molar-refractivity contribution in [3.8, 4) is 55.9 Å². The molecule has 1 aromatic heterocycles. The van der Waals surface area contributed by atoms with Gasteiger partial charge in [0.25, 0.3) is 13.4 Å². The average Bonchev–Trinajstić information content (AvgIpc) is 4.25. The van der Waals surface area contributed by atoms with E-state index in [0.717, 1.165) is 22.6 Å². The minimum Gasteiger partial charge on any atom is -0.488 e. The van der Waals surface area contributed by atoms with E-state index in [1.165, 1.54) is 133 Å². The van der Waals surface area contributed by atoms with Crippen molar-refractivity contribution in [1.29, 1.82) is 0 Å². The molecule has 0 bridgehead atoms. The quantitative estimate of drug-likeness (QED) is 0.160. The Morgan fingerprint density at radius 1 is 0.387 bits per heavy atom. The lowest BCUT2D eigenvalue weighted by molar-refractivity contribution is 0.393. The molecule has 0 fully saturated rings. The molecule has 0 saturated heterocycles. The van der Waals surface area contributed by atoms with E-state index in [1.54, 1.807) is 0 Å². The number of benzene rings is 11. The number of fused-ring (bicyclic) bond motifs is 15. The van der Waals surface area contributed by atoms with Gasteiger partial charge in [0.2, 0.25) is 0 Å². The molecule has 0 saturated carbocycles. The molecular weight excluding hydrogens is 908 g/mol. The van der Waals surface area contributed by atoms with Gasteiger partial charge in [0.1, 0.15) is 12.4 Å². The van der Waals surface area contributed by atoms with E-state index in [2.05, 4.69) is 258 Å². The van der Waals surface area contributed by atoms with Gasteiger partial charge in [0.05, 0.1) is 16.4 Å². The van der Waals surface area contributed by atoms with Gasteiger partial charge in [-0.3, -0.25) is 0 Å². The summed E-state index contributed by atoms with van der Waals surface area (Å²) < 4.78 is 9.28. The van der Waals surface area contributed by atoms with Crippen molar-refractivity contribution < 1.29 is 4.74 Å². The van der Waals surface area contributed by atoms with E-state index in [-0.39, 0.29) is 13.4 Å². The van der Waals surface area contributed by atoms with Crippen LogP contribution in [0.25, 0.3) is 77.6 Å². The van der Waals surface area contributed by atoms with Crippen LogP contribution in [-0.2, 0) is 0 Å². The van der Waals surface area contributed by atoms with Crippen molar-refractivity contribution in [2.24, 2.45) is 0 Å². The molecule has 346 valence electrons. The molecule has 5 aliphatic heterocycles. The van der Waals surface area contributed by atoms with E-state index in [9.17, 15) is 0 Å². The second kappa shape index (κ2) is 15.3. The van der Waals surface area contributed by atoms with Crippen LogP contribution >= 0.6 is 0 Å². The SMILES string of the molecule is C=C1COc2c1cc1c3c2c2ccccc2n3-c2cc3c4c5c2B1c1cc(-c2ccccc2)ccc1N5c1ccc(-c2ccccc2)cc1B4c1cc(-c2ccccc2)ccc1N3c1ccc(-c2ccccc2)cc1. The maximum atomic E-state index is 6.69. The minimum absolute atomic E-state index is 0.101. The number of hydrogen-bond acceptors (Lipinski definition) is 3. The van der Waals surface area contributed by atoms with Gasteiger partial charge in [0.15, 0.2) is 0 Å². The normalized spacial score (nSPS) is 13.8. The van der Waals surface area contributed by atoms with E-state index < -0.39 is 0 Å². The highest BCUT2D eigenvalue weighted by Crippen LogP contribution is 2.51. The van der Waals surface area contributed by atoms with Crippen molar-refractivity contribution >= 4 is 108 Å². The molecule has 0 unspecified atom stereocenters. The molecule has 6 heterocycles. The number of ether oxygens (including phenoxy) is 1. The maximum Gasteiger partial charge on any atom is 0.252 e. The van der Waals surface area contributed by atoms with Crippen LogP contribution in [0.2, 0.25) is 0 Å². The van der Waals surface area contributed by atoms with Gasteiger partial charge in [0, 0.05) is 50.8 Å². The van der Waals surface area contributed by atoms with Crippen molar-refractivity contribution in [3.63, 3.8) is 0 Å². The summed E-state index contributed by atoms with van der Waals surface area (Å²) in [6.45, 7) is 4.89. The predicted octanol–water partition coefficient (Wildman–Crippen LogP) is 13.1. The summed E-state index contributed by atoms with van der Waals surface area (Å²) in [6.07, 6.45) is 0. The van der Waals surface area contributed by atoms with Gasteiger partial charge >= 0.3 is 0 Å². The lowest BCUT2D eigenvalue weighted by Gasteiger charge is -2.49. The summed E-state index contributed by atoms with van der Waals surface area (Å²) in [5.74, 6) is 0.943. The predicted molar refractivity (Wildman–Crippen MR) is 316 cm³/mol. The summed E-state index contributed by atoms with van der Waals surface area (Å²) in [6, 6.07) is 88.3. The number of aromatic nitrogens is 1. The lowest BCUT2D eigenvalue weighted by atomic mass is 9.29. The van der Waals surface area contributed by atoms with E-state index in [0.29, 0.717) is 6.61 Å². The van der Waals surface area contributed by atoms with Gasteiger partial charge in [-0.2, -0.15) is 0 Å². The molecule has 0 N–H and O–H groups in total. The summed E-state index contributed by atoms with van der Waals surface area (Å²) in [5, 5.41) is 2.36. The van der Waals surface area contributed by atoms with Gasteiger partial charge in [-0.25, -0.2) is 0 Å². The molecular formula is C69H43B2N3O. The monoisotopic (exact) mass is 951 g/mol. The van der Waals surface area contributed by atoms with Crippen LogP contribution in [-0.4, -0.2) is 24.6 Å². The fraction of sp³-hybridized carbons (Fsp3) is 0.0145. The van der Waals surface area contributed by atoms with Crippen LogP contribution in [0.1, 0.15) is 5.56 Å². The number of hydrogen-bond donors (Lipinski definition) is 0. The second-order valence-corrected chi connectivity index (χ2v) is 20.8. The third-order valence-corrected chi connectivity index (χ3v) is 16.9. The zero-order valence-electron chi connectivity index (χ0n) is 40.8. The maximum absolute atomic E-state index is 6.69. The number of anilines is 6. The Morgan fingerprint density at radius 3 is 1.40 bits per heavy atom. The summed E-state index contributed by atoms with van der Waals surface area (Å²) in [4.78, 5) is 5.23. The van der Waals surface area contributed by atoms with Gasteiger partial charge in [-0.05, 0) is 125 Å². The van der Waals surface area contributed by atoms with Crippen molar-refractivity contribution in [3.05, 3.63) is 249 Å². The molecule has 6 heteroatoms. The van der Waals surface area contributed by atoms with Crippen LogP contribution in [0, 0.1) is 0 Å². The third-order valence-electron chi connectivity index (χ3n) is 16.9. The van der Waals surface area contributed by atoms with E-state index in [1.807, 2.05) is 0 Å². The summed E-state index contributed by atoms with van der Waals surface area (Å²) in [5.41, 5.74) is 30.3. The van der Waals surface area contributed by atoms with Gasteiger partial charge < -0.3 is 19.1 Å². The van der Waals surface area contributed by atoms with Crippen LogP contribution in [0.15, 0.2) is 243 Å². The Morgan fingerprint density at radius 2 is 0.840 bits per heavy atom. The lowest BCUT2D eigenvalue weighted by Crippen LogP contribution is -2.68. The first-order valence-electron chi connectivity index (χ1n) is 26.1. The average molecular weight is 952 g/mol. The molecule has 75 heavy (non-hydrogen) atoms. The Balaban J connectivity index is 1.04. The Hall–Kier alpha value is -9.51. The largest absolute Gasteiger partial charge is 0.488 e. The van der Waals surface area contributed by atoms with Crippen molar-refractivity contribution in [2.75, 3.05) is 16.4 Å². The van der Waals surface area contributed by atoms with E-state index in [4.69, 9.17) is 4.74 Å². The molecule has 0 amide bonds. The van der Waals surface area contributed by atoms with Crippen molar-refractivity contribution in [1.82, 2.24) is 4.57 Å². The highest BCUT2D eigenvalue weighted by molar-refractivity contribution is 7.05. The topological polar surface area (TPSA) is 20.6 Å². The highest BCUT2D eigenvalue weighted by Gasteiger charge is 2.52. The molecule has 11 aromatic carbocycles. The highest BCUT2D eigenvalue weighted by atomic mass is 16.5. The molecule has 0 aliphatic carbocycles. The van der Waals surface area contributed by atoms with Crippen LogP contribution in [0.4, 0.5) is 34.1 Å². The van der Waals surface area contributed by atoms with Crippen LogP contribution < -0.4 is 47.3 Å². The zero-order valence-corrected chi connectivity index (χ0v) is 40.8. The second-order valence-electron chi connectivity index (χ2n) is 20.8. The number of nitrogens with zero attached hydrogens (tertiary/aromatic N) is 3. The third kappa shape index (κ3) is 5.63. The summed E-state index contributed by atoms with van der Waals surface area (Å²) >= 11 is 0. The smallest absolute Gasteiger partial charge is 0.252 e. The molecule has 0 atom stereocenters. The van der Waals surface area contributed by atoms with Crippen LogP contribution in [0.5, 0.6) is 5.75 Å². The first-order valence-corrected chi connectivity index (χ1v) is 26.1. The Labute approximate surface area is 435 Å². The Kier molecular flexibility index (Phi) is 8.35. The fourth-order valence-electron chi connectivity index (χ4n) is 13.7. The molecule has 17 rings (SSSR count). The number of rotatable bonds is 5. The Bertz CT molecular complexity index is 4390. The minimum atomic E-state index is -0.102. The molecule has 0 radical (unpaired) electrons. The standard InChI is InChI=1S/C69H43B2N3O/c1-42-41-75-69-53(42)39-57-67-64(69)52-24-14-15-25-58(52)73(67)63-40-62-65-68-66(63)71(57)56-38-50(46-22-12-5-13-23-46)30-35-61(56)74(68)60-34-29-49(45-20-10-4-11-21-45)37-55(60)70(65)54-36-48(44-18-8-3-9-19-44)28-33-59(54)72(62)51-31-26-47(27-32-51)43-16-6-2-7-17-43/h2-40H,1,41H2.